The fourth-order valence-corrected chi connectivity index (χ4v) is 2.37. The van der Waals surface area contributed by atoms with Crippen LogP contribution in [0.3, 0.4) is 0 Å². The molecular formula is C12H14ClF. The fraction of sp³-hybridized carbons (Fsp3) is 0.500. The molecule has 0 unspecified atom stereocenters. The predicted molar refractivity (Wildman–Crippen MR) is 57.5 cm³/mol. The van der Waals surface area contributed by atoms with Crippen LogP contribution >= 0.6 is 11.6 Å². The van der Waals surface area contributed by atoms with E-state index in [2.05, 4.69) is 0 Å². The van der Waals surface area contributed by atoms with E-state index in [0.717, 1.165) is 18.4 Å². The van der Waals surface area contributed by atoms with Crippen molar-refractivity contribution in [1.82, 2.24) is 0 Å². The maximum atomic E-state index is 14.1. The van der Waals surface area contributed by atoms with Crippen LogP contribution in [0, 0.1) is 0 Å². The number of hydrogen-bond acceptors (Lipinski definition) is 0. The molecule has 2 rings (SSSR count). The topological polar surface area (TPSA) is 0 Å². The van der Waals surface area contributed by atoms with Crippen LogP contribution in [0.4, 0.5) is 4.39 Å². The summed E-state index contributed by atoms with van der Waals surface area (Å²) in [6.07, 6.45) is 3.89. The molecule has 0 radical (unpaired) electrons. The van der Waals surface area contributed by atoms with Crippen LogP contribution in [-0.2, 0) is 6.42 Å². The molecule has 0 aromatic heterocycles. The van der Waals surface area contributed by atoms with Crippen molar-refractivity contribution in [2.75, 3.05) is 0 Å². The molecule has 0 spiro atoms. The summed E-state index contributed by atoms with van der Waals surface area (Å²) in [6, 6.07) is 7.54. The van der Waals surface area contributed by atoms with Gasteiger partial charge in [-0.1, -0.05) is 42.6 Å². The fourth-order valence-electron chi connectivity index (χ4n) is 2.17. The maximum Gasteiger partial charge on any atom is 0.115 e. The number of rotatable bonds is 2. The van der Waals surface area contributed by atoms with Crippen LogP contribution in [0.2, 0.25) is 5.02 Å². The number of benzene rings is 1. The zero-order valence-electron chi connectivity index (χ0n) is 8.10. The maximum absolute atomic E-state index is 14.1. The quantitative estimate of drug-likeness (QED) is 0.691. The van der Waals surface area contributed by atoms with Gasteiger partial charge < -0.3 is 0 Å². The average Bonchev–Trinajstić information content (AvgIpc) is 2.57. The van der Waals surface area contributed by atoms with Crippen molar-refractivity contribution in [2.45, 2.75) is 37.8 Å². The summed E-state index contributed by atoms with van der Waals surface area (Å²) in [5, 5.41) is 0.691. The molecular weight excluding hydrogens is 199 g/mol. The summed E-state index contributed by atoms with van der Waals surface area (Å²) >= 11 is 6.00. The van der Waals surface area contributed by atoms with E-state index < -0.39 is 5.67 Å². The third-order valence-electron chi connectivity index (χ3n) is 2.96. The number of hydrogen-bond donors (Lipinski definition) is 0. The van der Waals surface area contributed by atoms with Gasteiger partial charge in [0, 0.05) is 11.4 Å². The van der Waals surface area contributed by atoms with Crippen LogP contribution in [0.15, 0.2) is 24.3 Å². The first kappa shape index (κ1) is 9.97. The molecule has 0 nitrogen and oxygen atoms in total. The molecule has 0 atom stereocenters. The Morgan fingerprint density at radius 1 is 1.21 bits per heavy atom. The molecule has 1 aliphatic rings. The van der Waals surface area contributed by atoms with Gasteiger partial charge in [-0.25, -0.2) is 4.39 Å². The van der Waals surface area contributed by atoms with Crippen molar-refractivity contribution < 1.29 is 4.39 Å². The SMILES string of the molecule is FC1(Cc2ccccc2Cl)CCCC1. The second-order valence-electron chi connectivity index (χ2n) is 4.13. The Morgan fingerprint density at radius 2 is 1.86 bits per heavy atom. The first-order valence-electron chi connectivity index (χ1n) is 5.12. The minimum Gasteiger partial charge on any atom is -0.244 e. The average molecular weight is 213 g/mol. The van der Waals surface area contributed by atoms with E-state index in [9.17, 15) is 4.39 Å². The molecule has 14 heavy (non-hydrogen) atoms. The van der Waals surface area contributed by atoms with Gasteiger partial charge in [0.25, 0.3) is 0 Å². The summed E-state index contributed by atoms with van der Waals surface area (Å²) in [5.41, 5.74) is -0.0519. The largest absolute Gasteiger partial charge is 0.244 e. The Hall–Kier alpha value is -0.560. The van der Waals surface area contributed by atoms with E-state index in [4.69, 9.17) is 11.6 Å². The second kappa shape index (κ2) is 3.90. The molecule has 1 aromatic rings. The van der Waals surface area contributed by atoms with Gasteiger partial charge in [0.1, 0.15) is 5.67 Å². The normalized spacial score (nSPS) is 19.9. The van der Waals surface area contributed by atoms with Crippen molar-refractivity contribution in [1.29, 1.82) is 0 Å². The van der Waals surface area contributed by atoms with Gasteiger partial charge in [-0.3, -0.25) is 0 Å². The van der Waals surface area contributed by atoms with Gasteiger partial charge in [-0.15, -0.1) is 0 Å². The highest BCUT2D eigenvalue weighted by molar-refractivity contribution is 6.31. The third kappa shape index (κ3) is 2.09. The number of alkyl halides is 1. The summed E-state index contributed by atoms with van der Waals surface area (Å²) in [4.78, 5) is 0. The third-order valence-corrected chi connectivity index (χ3v) is 3.33. The van der Waals surface area contributed by atoms with Crippen molar-refractivity contribution in [3.05, 3.63) is 34.9 Å². The lowest BCUT2D eigenvalue weighted by Gasteiger charge is -2.19. The van der Waals surface area contributed by atoms with E-state index in [-0.39, 0.29) is 0 Å². The summed E-state index contributed by atoms with van der Waals surface area (Å²) in [7, 11) is 0. The molecule has 0 amide bonds. The minimum absolute atomic E-state index is 0.479. The molecule has 76 valence electrons. The van der Waals surface area contributed by atoms with Gasteiger partial charge >= 0.3 is 0 Å². The second-order valence-corrected chi connectivity index (χ2v) is 4.53. The summed E-state index contributed by atoms with van der Waals surface area (Å²) in [5.74, 6) is 0. The Kier molecular flexibility index (Phi) is 2.78. The van der Waals surface area contributed by atoms with Crippen LogP contribution < -0.4 is 0 Å². The highest BCUT2D eigenvalue weighted by Gasteiger charge is 2.33. The first-order valence-corrected chi connectivity index (χ1v) is 5.50. The predicted octanol–water partition coefficient (Wildman–Crippen LogP) is 4.16. The van der Waals surface area contributed by atoms with Crippen LogP contribution in [-0.4, -0.2) is 5.67 Å². The highest BCUT2D eigenvalue weighted by Crippen LogP contribution is 2.37. The molecule has 1 saturated carbocycles. The Labute approximate surface area is 89.1 Å². The van der Waals surface area contributed by atoms with E-state index in [1.54, 1.807) is 0 Å². The Balaban J connectivity index is 2.14. The minimum atomic E-state index is -0.995. The molecule has 2 heteroatoms. The molecule has 0 bridgehead atoms. The lowest BCUT2D eigenvalue weighted by molar-refractivity contribution is 0.173. The lowest BCUT2D eigenvalue weighted by atomic mass is 9.95. The van der Waals surface area contributed by atoms with Gasteiger partial charge in [-0.2, -0.15) is 0 Å². The monoisotopic (exact) mass is 212 g/mol. The first-order chi connectivity index (χ1) is 6.70. The van der Waals surface area contributed by atoms with E-state index in [1.807, 2.05) is 24.3 Å². The van der Waals surface area contributed by atoms with Gasteiger partial charge in [0.2, 0.25) is 0 Å². The van der Waals surface area contributed by atoms with Crippen molar-refractivity contribution in [3.63, 3.8) is 0 Å². The highest BCUT2D eigenvalue weighted by atomic mass is 35.5. The number of halogens is 2. The van der Waals surface area contributed by atoms with Gasteiger partial charge in [0.15, 0.2) is 0 Å². The lowest BCUT2D eigenvalue weighted by Crippen LogP contribution is -2.21. The van der Waals surface area contributed by atoms with E-state index >= 15 is 0 Å². The summed E-state index contributed by atoms with van der Waals surface area (Å²) in [6.45, 7) is 0. The molecule has 0 N–H and O–H groups in total. The molecule has 1 aromatic carbocycles. The van der Waals surface area contributed by atoms with E-state index in [1.165, 1.54) is 0 Å². The van der Waals surface area contributed by atoms with Crippen LogP contribution in [0.5, 0.6) is 0 Å². The summed E-state index contributed by atoms with van der Waals surface area (Å²) < 4.78 is 14.1. The molecule has 0 saturated heterocycles. The Morgan fingerprint density at radius 3 is 2.50 bits per heavy atom. The zero-order chi connectivity index (χ0) is 10.0. The van der Waals surface area contributed by atoms with Crippen molar-refractivity contribution in [3.8, 4) is 0 Å². The van der Waals surface area contributed by atoms with Gasteiger partial charge in [-0.05, 0) is 24.5 Å². The molecule has 0 aliphatic heterocycles. The molecule has 1 fully saturated rings. The standard InChI is InChI=1S/C12H14ClF/c13-11-6-2-1-5-10(11)9-12(14)7-3-4-8-12/h1-2,5-6H,3-4,7-9H2. The van der Waals surface area contributed by atoms with Crippen LogP contribution in [0.1, 0.15) is 31.2 Å². The smallest absolute Gasteiger partial charge is 0.115 e. The van der Waals surface area contributed by atoms with Gasteiger partial charge in [0.05, 0.1) is 0 Å². The molecule has 1 aliphatic carbocycles. The molecule has 0 heterocycles. The van der Waals surface area contributed by atoms with Crippen molar-refractivity contribution in [2.24, 2.45) is 0 Å². The zero-order valence-corrected chi connectivity index (χ0v) is 8.86. The Bertz CT molecular complexity index is 316. The van der Waals surface area contributed by atoms with Crippen LogP contribution in [0.25, 0.3) is 0 Å². The van der Waals surface area contributed by atoms with Crippen molar-refractivity contribution >= 4 is 11.6 Å². The van der Waals surface area contributed by atoms with E-state index in [0.29, 0.717) is 24.3 Å².